The first kappa shape index (κ1) is 13.9. The van der Waals surface area contributed by atoms with Gasteiger partial charge in [-0.1, -0.05) is 0 Å². The lowest BCUT2D eigenvalue weighted by atomic mass is 10.2. The van der Waals surface area contributed by atoms with E-state index >= 15 is 0 Å². The number of anilines is 2. The summed E-state index contributed by atoms with van der Waals surface area (Å²) in [5, 5.41) is 0. The third-order valence-corrected chi connectivity index (χ3v) is 4.07. The molecule has 1 aromatic carbocycles. The van der Waals surface area contributed by atoms with E-state index in [0.29, 0.717) is 0 Å². The Hall–Kier alpha value is -2.08. The quantitative estimate of drug-likeness (QED) is 0.770. The van der Waals surface area contributed by atoms with Crippen LogP contribution in [0.25, 0.3) is 0 Å². The molecule has 2 aliphatic rings. The molecular weight excluding hydrogens is 270 g/mol. The molecule has 3 amide bonds. The molecule has 6 heteroatoms. The van der Waals surface area contributed by atoms with E-state index in [0.717, 1.165) is 37.7 Å². The molecule has 2 fully saturated rings. The number of carbonyl (C=O) groups is 2. The monoisotopic (exact) mass is 289 g/mol. The summed E-state index contributed by atoms with van der Waals surface area (Å²) in [5.41, 5.74) is 1.86. The van der Waals surface area contributed by atoms with E-state index in [1.807, 2.05) is 24.3 Å². The molecule has 0 radical (unpaired) electrons. The largest absolute Gasteiger partial charge is 0.378 e. The van der Waals surface area contributed by atoms with Crippen LogP contribution in [-0.2, 0) is 9.53 Å². The maximum Gasteiger partial charge on any atom is 0.331 e. The van der Waals surface area contributed by atoms with Crippen LogP contribution in [0.2, 0.25) is 0 Å². The molecule has 2 aliphatic heterocycles. The molecular formula is C15H19N3O3. The number of rotatable bonds is 2. The van der Waals surface area contributed by atoms with Gasteiger partial charge in [-0.3, -0.25) is 14.6 Å². The lowest BCUT2D eigenvalue weighted by Gasteiger charge is -2.29. The van der Waals surface area contributed by atoms with Crippen molar-refractivity contribution >= 4 is 23.3 Å². The van der Waals surface area contributed by atoms with Crippen LogP contribution in [0.5, 0.6) is 0 Å². The highest BCUT2D eigenvalue weighted by Crippen LogP contribution is 2.27. The number of morpholine rings is 1. The van der Waals surface area contributed by atoms with Crippen LogP contribution in [0.4, 0.5) is 16.2 Å². The summed E-state index contributed by atoms with van der Waals surface area (Å²) in [4.78, 5) is 28.9. The number of nitrogens with zero attached hydrogens (tertiary/aromatic N) is 3. The van der Waals surface area contributed by atoms with Gasteiger partial charge in [0.25, 0.3) is 5.91 Å². The molecule has 1 atom stereocenters. The molecule has 0 spiro atoms. The molecule has 21 heavy (non-hydrogen) atoms. The molecule has 2 saturated heterocycles. The van der Waals surface area contributed by atoms with Crippen molar-refractivity contribution < 1.29 is 14.3 Å². The molecule has 0 aromatic heterocycles. The Morgan fingerprint density at radius 2 is 1.62 bits per heavy atom. The van der Waals surface area contributed by atoms with Crippen LogP contribution in [-0.4, -0.2) is 56.2 Å². The number of hydrogen-bond donors (Lipinski definition) is 0. The van der Waals surface area contributed by atoms with Gasteiger partial charge in [-0.05, 0) is 31.2 Å². The first-order chi connectivity index (χ1) is 10.1. The van der Waals surface area contributed by atoms with Crippen molar-refractivity contribution in [3.63, 3.8) is 0 Å². The summed E-state index contributed by atoms with van der Waals surface area (Å²) in [6.45, 7) is 4.98. The van der Waals surface area contributed by atoms with E-state index < -0.39 is 6.04 Å². The fourth-order valence-corrected chi connectivity index (χ4v) is 2.79. The zero-order valence-corrected chi connectivity index (χ0v) is 12.3. The third-order valence-electron chi connectivity index (χ3n) is 4.07. The van der Waals surface area contributed by atoms with Gasteiger partial charge in [0.2, 0.25) is 0 Å². The zero-order chi connectivity index (χ0) is 15.0. The third kappa shape index (κ3) is 2.35. The Morgan fingerprint density at radius 3 is 2.14 bits per heavy atom. The number of likely N-dealkylation sites (N-methyl/N-ethyl adjacent to an activating group) is 1. The minimum Gasteiger partial charge on any atom is -0.378 e. The van der Waals surface area contributed by atoms with E-state index in [4.69, 9.17) is 4.74 Å². The molecule has 1 aromatic rings. The average Bonchev–Trinajstić information content (AvgIpc) is 2.72. The number of imide groups is 1. The lowest BCUT2D eigenvalue weighted by Crippen LogP contribution is -2.36. The minimum atomic E-state index is -0.447. The molecule has 0 saturated carbocycles. The van der Waals surface area contributed by atoms with E-state index in [1.54, 1.807) is 6.92 Å². The first-order valence-corrected chi connectivity index (χ1v) is 7.13. The summed E-state index contributed by atoms with van der Waals surface area (Å²) < 4.78 is 5.34. The van der Waals surface area contributed by atoms with E-state index in [1.165, 1.54) is 16.8 Å². The van der Waals surface area contributed by atoms with E-state index in [-0.39, 0.29) is 11.9 Å². The second-order valence-electron chi connectivity index (χ2n) is 5.34. The van der Waals surface area contributed by atoms with E-state index in [2.05, 4.69) is 4.90 Å². The summed E-state index contributed by atoms with van der Waals surface area (Å²) in [6, 6.07) is 7.05. The van der Waals surface area contributed by atoms with Crippen molar-refractivity contribution in [1.29, 1.82) is 0 Å². The van der Waals surface area contributed by atoms with Gasteiger partial charge in [-0.25, -0.2) is 4.79 Å². The molecule has 0 aliphatic carbocycles. The normalized spacial score (nSPS) is 23.1. The highest BCUT2D eigenvalue weighted by atomic mass is 16.5. The van der Waals surface area contributed by atoms with Crippen LogP contribution in [0.3, 0.4) is 0 Å². The molecule has 2 heterocycles. The standard InChI is InChI=1S/C15H19N3O3/c1-11-14(19)16(2)15(20)18(11)13-5-3-12(4-6-13)17-7-9-21-10-8-17/h3-6,11H,7-10H2,1-2H3. The highest BCUT2D eigenvalue weighted by molar-refractivity contribution is 6.13. The van der Waals surface area contributed by atoms with Crippen LogP contribution in [0, 0.1) is 0 Å². The second-order valence-corrected chi connectivity index (χ2v) is 5.34. The fraction of sp³-hybridized carbons (Fsp3) is 0.467. The Kier molecular flexibility index (Phi) is 3.55. The molecule has 3 rings (SSSR count). The molecule has 112 valence electrons. The minimum absolute atomic E-state index is 0.169. The number of hydrogen-bond acceptors (Lipinski definition) is 4. The number of urea groups is 1. The summed E-state index contributed by atoms with van der Waals surface area (Å²) in [6.07, 6.45) is 0. The predicted molar refractivity (Wildman–Crippen MR) is 79.6 cm³/mol. The van der Waals surface area contributed by atoms with Gasteiger partial charge >= 0.3 is 6.03 Å². The summed E-state index contributed by atoms with van der Waals surface area (Å²) in [7, 11) is 1.52. The van der Waals surface area contributed by atoms with Gasteiger partial charge in [0.1, 0.15) is 6.04 Å². The van der Waals surface area contributed by atoms with Crippen molar-refractivity contribution in [1.82, 2.24) is 4.90 Å². The number of carbonyl (C=O) groups excluding carboxylic acids is 2. The Bertz CT molecular complexity index is 552. The first-order valence-electron chi connectivity index (χ1n) is 7.13. The smallest absolute Gasteiger partial charge is 0.331 e. The average molecular weight is 289 g/mol. The molecule has 0 N–H and O–H groups in total. The number of ether oxygens (including phenoxy) is 1. The highest BCUT2D eigenvalue weighted by Gasteiger charge is 2.40. The topological polar surface area (TPSA) is 53.1 Å². The molecule has 1 unspecified atom stereocenters. The summed E-state index contributed by atoms with van der Waals surface area (Å²) in [5.74, 6) is -0.169. The van der Waals surface area contributed by atoms with Gasteiger partial charge in [0, 0.05) is 31.5 Å². The molecule has 6 nitrogen and oxygen atoms in total. The fourth-order valence-electron chi connectivity index (χ4n) is 2.79. The van der Waals surface area contributed by atoms with Crippen molar-refractivity contribution in [3.8, 4) is 0 Å². The van der Waals surface area contributed by atoms with Gasteiger partial charge < -0.3 is 9.64 Å². The van der Waals surface area contributed by atoms with Crippen LogP contribution in [0.15, 0.2) is 24.3 Å². The van der Waals surface area contributed by atoms with Crippen LogP contribution in [0.1, 0.15) is 6.92 Å². The van der Waals surface area contributed by atoms with Gasteiger partial charge in [-0.15, -0.1) is 0 Å². The SMILES string of the molecule is CC1C(=O)N(C)C(=O)N1c1ccc(N2CCOCC2)cc1. The Labute approximate surface area is 123 Å². The number of amides is 3. The van der Waals surface area contributed by atoms with Gasteiger partial charge in [0.05, 0.1) is 13.2 Å². The van der Waals surface area contributed by atoms with Crippen molar-refractivity contribution in [2.24, 2.45) is 0 Å². The lowest BCUT2D eigenvalue weighted by molar-refractivity contribution is -0.125. The van der Waals surface area contributed by atoms with Crippen LogP contribution < -0.4 is 9.80 Å². The molecule has 0 bridgehead atoms. The summed E-state index contributed by atoms with van der Waals surface area (Å²) >= 11 is 0. The number of benzene rings is 1. The van der Waals surface area contributed by atoms with E-state index in [9.17, 15) is 9.59 Å². The van der Waals surface area contributed by atoms with Gasteiger partial charge in [0.15, 0.2) is 0 Å². The maximum atomic E-state index is 12.1. The Balaban J connectivity index is 1.81. The van der Waals surface area contributed by atoms with Crippen molar-refractivity contribution in [3.05, 3.63) is 24.3 Å². The van der Waals surface area contributed by atoms with Crippen LogP contribution >= 0.6 is 0 Å². The maximum absolute atomic E-state index is 12.1. The second kappa shape index (κ2) is 5.37. The van der Waals surface area contributed by atoms with Gasteiger partial charge in [-0.2, -0.15) is 0 Å². The predicted octanol–water partition coefficient (Wildman–Crippen LogP) is 1.31. The Morgan fingerprint density at radius 1 is 1.05 bits per heavy atom. The van der Waals surface area contributed by atoms with Crippen molar-refractivity contribution in [2.75, 3.05) is 43.2 Å². The zero-order valence-electron chi connectivity index (χ0n) is 12.3. The van der Waals surface area contributed by atoms with Crippen molar-refractivity contribution in [2.45, 2.75) is 13.0 Å².